The van der Waals surface area contributed by atoms with E-state index in [0.29, 0.717) is 24.3 Å². The van der Waals surface area contributed by atoms with Gasteiger partial charge in [0, 0.05) is 16.0 Å². The van der Waals surface area contributed by atoms with Gasteiger partial charge < -0.3 is 4.74 Å². The summed E-state index contributed by atoms with van der Waals surface area (Å²) in [5, 5.41) is 2.06. The van der Waals surface area contributed by atoms with Gasteiger partial charge in [-0.25, -0.2) is 9.97 Å². The summed E-state index contributed by atoms with van der Waals surface area (Å²) < 4.78 is 5.64. The van der Waals surface area contributed by atoms with E-state index in [2.05, 4.69) is 23.0 Å². The zero-order chi connectivity index (χ0) is 19.5. The summed E-state index contributed by atoms with van der Waals surface area (Å²) >= 11 is 3.33. The van der Waals surface area contributed by atoms with E-state index in [1.54, 1.807) is 53.7 Å². The first-order valence-electron chi connectivity index (χ1n) is 9.08. The molecule has 0 radical (unpaired) electrons. The number of ether oxygens (including phenoxy) is 1. The van der Waals surface area contributed by atoms with E-state index < -0.39 is 0 Å². The van der Waals surface area contributed by atoms with Gasteiger partial charge in [0.2, 0.25) is 0 Å². The van der Waals surface area contributed by atoms with Crippen LogP contribution in [0.3, 0.4) is 0 Å². The Labute approximate surface area is 170 Å². The number of fused-ring (bicyclic) bond motifs is 2. The Balaban J connectivity index is 1.25. The SMILES string of the molecule is CCc1cc2c(SCCOCCN3C(=O)c4ccccc4C3=O)ncnc2s1. The average Bonchev–Trinajstić information content (AvgIpc) is 3.25. The number of imide groups is 1. The van der Waals surface area contributed by atoms with Gasteiger partial charge in [0.25, 0.3) is 11.8 Å². The Hall–Kier alpha value is -2.29. The van der Waals surface area contributed by atoms with Crippen LogP contribution in [0.1, 0.15) is 32.5 Å². The van der Waals surface area contributed by atoms with E-state index in [1.807, 2.05) is 0 Å². The molecule has 0 fully saturated rings. The number of hydrogen-bond donors (Lipinski definition) is 0. The van der Waals surface area contributed by atoms with Crippen LogP contribution in [0, 0.1) is 0 Å². The number of thiophene rings is 1. The van der Waals surface area contributed by atoms with E-state index in [1.165, 1.54) is 9.78 Å². The average molecular weight is 414 g/mol. The normalized spacial score (nSPS) is 13.5. The van der Waals surface area contributed by atoms with Crippen LogP contribution in [0.5, 0.6) is 0 Å². The van der Waals surface area contributed by atoms with Gasteiger partial charge in [-0.3, -0.25) is 14.5 Å². The molecule has 1 aliphatic heterocycles. The lowest BCUT2D eigenvalue weighted by Crippen LogP contribution is -2.33. The molecule has 0 N–H and O–H groups in total. The van der Waals surface area contributed by atoms with E-state index in [-0.39, 0.29) is 18.4 Å². The molecule has 2 amide bonds. The largest absolute Gasteiger partial charge is 0.379 e. The minimum atomic E-state index is -0.244. The number of carbonyl (C=O) groups excluding carboxylic acids is 2. The van der Waals surface area contributed by atoms with Crippen LogP contribution >= 0.6 is 23.1 Å². The Morgan fingerprint density at radius 3 is 2.57 bits per heavy atom. The van der Waals surface area contributed by atoms with Crippen molar-refractivity contribution in [2.24, 2.45) is 0 Å². The Bertz CT molecular complexity index is 999. The fourth-order valence-corrected chi connectivity index (χ4v) is 4.90. The van der Waals surface area contributed by atoms with Crippen LogP contribution in [-0.4, -0.2) is 52.2 Å². The second-order valence-electron chi connectivity index (χ2n) is 6.23. The third-order valence-corrected chi connectivity index (χ3v) is 6.65. The monoisotopic (exact) mass is 413 g/mol. The fraction of sp³-hybridized carbons (Fsp3) is 0.300. The third-order valence-electron chi connectivity index (χ3n) is 4.50. The number of amides is 2. The molecule has 0 atom stereocenters. The predicted octanol–water partition coefficient (Wildman–Crippen LogP) is 3.66. The summed E-state index contributed by atoms with van der Waals surface area (Å²) in [5.41, 5.74) is 0.941. The van der Waals surface area contributed by atoms with Crippen LogP contribution in [0.4, 0.5) is 0 Å². The first-order chi connectivity index (χ1) is 13.7. The minimum Gasteiger partial charge on any atom is -0.379 e. The summed E-state index contributed by atoms with van der Waals surface area (Å²) in [6.45, 7) is 3.24. The number of nitrogens with zero attached hydrogens (tertiary/aromatic N) is 3. The number of aromatic nitrogens is 2. The summed E-state index contributed by atoms with van der Waals surface area (Å²) in [6.07, 6.45) is 2.59. The molecule has 0 aliphatic carbocycles. The van der Waals surface area contributed by atoms with Crippen LogP contribution in [0.2, 0.25) is 0 Å². The minimum absolute atomic E-state index is 0.244. The maximum Gasteiger partial charge on any atom is 0.261 e. The molecule has 4 rings (SSSR count). The number of thioether (sulfide) groups is 1. The molecule has 0 saturated heterocycles. The topological polar surface area (TPSA) is 72.4 Å². The number of carbonyl (C=O) groups is 2. The molecule has 0 saturated carbocycles. The first kappa shape index (κ1) is 19.0. The van der Waals surface area contributed by atoms with Gasteiger partial charge in [-0.15, -0.1) is 23.1 Å². The summed E-state index contributed by atoms with van der Waals surface area (Å²) in [4.78, 5) is 36.9. The number of aryl methyl sites for hydroxylation is 1. The summed E-state index contributed by atoms with van der Waals surface area (Å²) in [5.74, 6) is 0.253. The Kier molecular flexibility index (Phi) is 5.70. The van der Waals surface area contributed by atoms with Gasteiger partial charge in [-0.1, -0.05) is 19.1 Å². The molecule has 1 aromatic carbocycles. The maximum atomic E-state index is 12.3. The van der Waals surface area contributed by atoms with Crippen LogP contribution in [0.15, 0.2) is 41.7 Å². The maximum absolute atomic E-state index is 12.3. The molecular formula is C20H19N3O3S2. The molecule has 0 bridgehead atoms. The highest BCUT2D eigenvalue weighted by Gasteiger charge is 2.34. The second-order valence-corrected chi connectivity index (χ2v) is 8.43. The lowest BCUT2D eigenvalue weighted by Gasteiger charge is -2.13. The molecule has 1 aliphatic rings. The molecular weight excluding hydrogens is 394 g/mol. The van der Waals surface area contributed by atoms with Crippen molar-refractivity contribution in [3.05, 3.63) is 52.7 Å². The number of rotatable bonds is 8. The van der Waals surface area contributed by atoms with Crippen molar-refractivity contribution in [1.82, 2.24) is 14.9 Å². The van der Waals surface area contributed by atoms with Gasteiger partial charge in [-0.05, 0) is 24.6 Å². The summed E-state index contributed by atoms with van der Waals surface area (Å²) in [6, 6.07) is 9.06. The number of hydrogen-bond acceptors (Lipinski definition) is 7. The van der Waals surface area contributed by atoms with Gasteiger partial charge in [0.1, 0.15) is 16.2 Å². The van der Waals surface area contributed by atoms with Crippen molar-refractivity contribution in [2.45, 2.75) is 18.4 Å². The van der Waals surface area contributed by atoms with E-state index in [9.17, 15) is 9.59 Å². The molecule has 144 valence electrons. The molecule has 3 heterocycles. The van der Waals surface area contributed by atoms with Gasteiger partial charge in [0.05, 0.1) is 30.9 Å². The molecule has 0 spiro atoms. The highest BCUT2D eigenvalue weighted by atomic mass is 32.2. The number of benzene rings is 1. The van der Waals surface area contributed by atoms with Crippen molar-refractivity contribution >= 4 is 45.1 Å². The lowest BCUT2D eigenvalue weighted by atomic mass is 10.1. The molecule has 8 heteroatoms. The zero-order valence-electron chi connectivity index (χ0n) is 15.4. The predicted molar refractivity (Wildman–Crippen MR) is 110 cm³/mol. The zero-order valence-corrected chi connectivity index (χ0v) is 17.0. The molecule has 2 aromatic heterocycles. The highest BCUT2D eigenvalue weighted by molar-refractivity contribution is 7.99. The smallest absolute Gasteiger partial charge is 0.261 e. The molecule has 3 aromatic rings. The standard InChI is InChI=1S/C20H19N3O3S2/c1-2-13-11-16-17(21-12-22-18(16)28-13)27-10-9-26-8-7-23-19(24)14-5-3-4-6-15(14)20(23)25/h3-6,11-12H,2,7-10H2,1H3. The van der Waals surface area contributed by atoms with Crippen LogP contribution in [0.25, 0.3) is 10.2 Å². The van der Waals surface area contributed by atoms with E-state index in [4.69, 9.17) is 4.74 Å². The van der Waals surface area contributed by atoms with E-state index in [0.717, 1.165) is 27.4 Å². The molecule has 0 unspecified atom stereocenters. The van der Waals surface area contributed by atoms with Crippen molar-refractivity contribution in [3.8, 4) is 0 Å². The van der Waals surface area contributed by atoms with Crippen LogP contribution < -0.4 is 0 Å². The van der Waals surface area contributed by atoms with Gasteiger partial charge in [-0.2, -0.15) is 0 Å². The lowest BCUT2D eigenvalue weighted by molar-refractivity contribution is 0.0576. The van der Waals surface area contributed by atoms with Crippen LogP contribution in [-0.2, 0) is 11.2 Å². The van der Waals surface area contributed by atoms with Crippen molar-refractivity contribution in [3.63, 3.8) is 0 Å². The molecule has 6 nitrogen and oxygen atoms in total. The Morgan fingerprint density at radius 2 is 1.86 bits per heavy atom. The second kappa shape index (κ2) is 8.38. The van der Waals surface area contributed by atoms with E-state index >= 15 is 0 Å². The Morgan fingerprint density at radius 1 is 1.11 bits per heavy atom. The van der Waals surface area contributed by atoms with Gasteiger partial charge >= 0.3 is 0 Å². The van der Waals surface area contributed by atoms with Crippen molar-refractivity contribution < 1.29 is 14.3 Å². The van der Waals surface area contributed by atoms with Crippen molar-refractivity contribution in [1.29, 1.82) is 0 Å². The van der Waals surface area contributed by atoms with Crippen molar-refractivity contribution in [2.75, 3.05) is 25.5 Å². The highest BCUT2D eigenvalue weighted by Crippen LogP contribution is 2.30. The molecule has 28 heavy (non-hydrogen) atoms. The quantitative estimate of drug-likeness (QED) is 0.243. The third kappa shape index (κ3) is 3.67. The fourth-order valence-electron chi connectivity index (χ4n) is 3.07. The summed E-state index contributed by atoms with van der Waals surface area (Å²) in [7, 11) is 0. The first-order valence-corrected chi connectivity index (χ1v) is 10.9. The van der Waals surface area contributed by atoms with Gasteiger partial charge in [0.15, 0.2) is 0 Å².